The Bertz CT molecular complexity index is 411. The number of hydrogen-bond donors (Lipinski definition) is 1. The molecular formula is C9H10ClF3N2O2S. The van der Waals surface area contributed by atoms with Crippen LogP contribution in [0.5, 0.6) is 0 Å². The third-order valence-corrected chi connectivity index (χ3v) is 2.95. The molecule has 1 rings (SSSR count). The van der Waals surface area contributed by atoms with Crippen molar-refractivity contribution in [2.24, 2.45) is 0 Å². The van der Waals surface area contributed by atoms with E-state index in [-0.39, 0.29) is 16.0 Å². The van der Waals surface area contributed by atoms with Gasteiger partial charge in [-0.25, -0.2) is 9.78 Å². The van der Waals surface area contributed by atoms with Gasteiger partial charge in [0.25, 0.3) is 0 Å². The molecule has 1 aromatic rings. The van der Waals surface area contributed by atoms with Gasteiger partial charge in [-0.3, -0.25) is 5.32 Å². The van der Waals surface area contributed by atoms with E-state index in [1.807, 2.05) is 0 Å². The number of thiazole rings is 1. The topological polar surface area (TPSA) is 51.2 Å². The summed E-state index contributed by atoms with van der Waals surface area (Å²) in [5, 5.41) is 2.21. The summed E-state index contributed by atoms with van der Waals surface area (Å²) < 4.78 is 41.4. The first kappa shape index (κ1) is 15.2. The fourth-order valence-electron chi connectivity index (χ4n) is 1.12. The Morgan fingerprint density at radius 1 is 1.67 bits per heavy atom. The molecule has 0 bridgehead atoms. The molecule has 0 aromatic carbocycles. The summed E-state index contributed by atoms with van der Waals surface area (Å²) >= 11 is 6.55. The lowest BCUT2D eigenvalue weighted by Gasteiger charge is -2.16. The van der Waals surface area contributed by atoms with Crippen molar-refractivity contribution >= 4 is 28.9 Å². The molecule has 1 atom stereocenters. The fourth-order valence-corrected chi connectivity index (χ4v) is 2.11. The predicted octanol–water partition coefficient (Wildman–Crippen LogP) is 2.55. The minimum Gasteiger partial charge on any atom is -0.465 e. The molecule has 0 aliphatic carbocycles. The molecule has 0 spiro atoms. The number of ether oxygens (including phenoxy) is 1. The van der Waals surface area contributed by atoms with Gasteiger partial charge in [0.15, 0.2) is 6.04 Å². The molecule has 0 saturated carbocycles. The van der Waals surface area contributed by atoms with Crippen molar-refractivity contribution in [3.05, 3.63) is 15.5 Å². The van der Waals surface area contributed by atoms with Crippen molar-refractivity contribution in [1.82, 2.24) is 10.3 Å². The van der Waals surface area contributed by atoms with Crippen molar-refractivity contribution in [2.45, 2.75) is 19.1 Å². The molecule has 0 radical (unpaired) electrons. The number of carbonyl (C=O) groups is 1. The third-order valence-electron chi connectivity index (χ3n) is 1.77. The van der Waals surface area contributed by atoms with Crippen molar-refractivity contribution < 1.29 is 22.7 Å². The molecule has 4 nitrogen and oxygen atoms in total. The Hall–Kier alpha value is -0.860. The number of nitrogens with one attached hydrogen (secondary N) is 1. The highest BCUT2D eigenvalue weighted by molar-refractivity contribution is 7.16. The summed E-state index contributed by atoms with van der Waals surface area (Å²) in [7, 11) is 0. The van der Waals surface area contributed by atoms with Gasteiger partial charge < -0.3 is 4.74 Å². The van der Waals surface area contributed by atoms with Crippen molar-refractivity contribution in [3.63, 3.8) is 0 Å². The Labute approximate surface area is 110 Å². The lowest BCUT2D eigenvalue weighted by molar-refractivity contribution is -0.149. The molecule has 1 heterocycles. The van der Waals surface area contributed by atoms with Crippen LogP contribution in [0, 0.1) is 0 Å². The van der Waals surface area contributed by atoms with Crippen LogP contribution in [0.25, 0.3) is 0 Å². The average Bonchev–Trinajstić information content (AvgIpc) is 2.64. The van der Waals surface area contributed by atoms with E-state index >= 15 is 0 Å². The van der Waals surface area contributed by atoms with E-state index in [2.05, 4.69) is 15.0 Å². The second-order valence-corrected chi connectivity index (χ2v) is 4.88. The predicted molar refractivity (Wildman–Crippen MR) is 60.6 cm³/mol. The quantitative estimate of drug-likeness (QED) is 0.849. The Kier molecular flexibility index (Phi) is 5.36. The van der Waals surface area contributed by atoms with Crippen LogP contribution in [0.3, 0.4) is 0 Å². The first-order valence-corrected chi connectivity index (χ1v) is 6.11. The van der Waals surface area contributed by atoms with Gasteiger partial charge in [-0.15, -0.1) is 11.3 Å². The van der Waals surface area contributed by atoms with Crippen LogP contribution in [-0.2, 0) is 9.53 Å². The molecule has 0 aliphatic rings. The fraction of sp³-hybridized carbons (Fsp3) is 0.556. The first-order chi connectivity index (χ1) is 8.33. The van der Waals surface area contributed by atoms with Crippen LogP contribution < -0.4 is 5.32 Å². The lowest BCUT2D eigenvalue weighted by atomic mass is 10.3. The number of rotatable bonds is 5. The lowest BCUT2D eigenvalue weighted by Crippen LogP contribution is -2.36. The van der Waals surface area contributed by atoms with Crippen molar-refractivity contribution in [1.29, 1.82) is 0 Å². The maximum atomic E-state index is 12.1. The minimum absolute atomic E-state index is 0.0716. The standard InChI is InChI=1S/C9H10ClF3N2O2S/c1-2-17-8(16)6(15-4-9(11,12)13)7-14-3-5(10)18-7/h3,6,15H,2,4H2,1H3. The van der Waals surface area contributed by atoms with E-state index < -0.39 is 24.7 Å². The van der Waals surface area contributed by atoms with Gasteiger partial charge >= 0.3 is 12.1 Å². The first-order valence-electron chi connectivity index (χ1n) is 4.91. The van der Waals surface area contributed by atoms with Gasteiger partial charge in [0, 0.05) is 0 Å². The van der Waals surface area contributed by atoms with E-state index in [0.717, 1.165) is 11.3 Å². The van der Waals surface area contributed by atoms with Gasteiger partial charge in [0.2, 0.25) is 0 Å². The van der Waals surface area contributed by atoms with Crippen molar-refractivity contribution in [3.8, 4) is 0 Å². The molecule has 9 heteroatoms. The van der Waals surface area contributed by atoms with Gasteiger partial charge in [-0.2, -0.15) is 13.2 Å². The molecule has 18 heavy (non-hydrogen) atoms. The van der Waals surface area contributed by atoms with Crippen LogP contribution in [0.4, 0.5) is 13.2 Å². The largest absolute Gasteiger partial charge is 0.465 e. The molecule has 1 unspecified atom stereocenters. The highest BCUT2D eigenvalue weighted by atomic mass is 35.5. The number of esters is 1. The minimum atomic E-state index is -4.42. The normalized spacial score (nSPS) is 13.4. The Balaban J connectivity index is 2.78. The Morgan fingerprint density at radius 3 is 2.78 bits per heavy atom. The molecule has 0 saturated heterocycles. The molecule has 0 amide bonds. The second kappa shape index (κ2) is 6.35. The number of carbonyl (C=O) groups excluding carboxylic acids is 1. The number of hydrogen-bond acceptors (Lipinski definition) is 5. The van der Waals surface area contributed by atoms with Crippen LogP contribution in [-0.4, -0.2) is 30.3 Å². The molecule has 0 fully saturated rings. The van der Waals surface area contributed by atoms with E-state index in [1.54, 1.807) is 6.92 Å². The van der Waals surface area contributed by atoms with Crippen LogP contribution >= 0.6 is 22.9 Å². The number of nitrogens with zero attached hydrogens (tertiary/aromatic N) is 1. The monoisotopic (exact) mass is 302 g/mol. The van der Waals surface area contributed by atoms with E-state index in [1.165, 1.54) is 6.20 Å². The van der Waals surface area contributed by atoms with E-state index in [9.17, 15) is 18.0 Å². The maximum Gasteiger partial charge on any atom is 0.401 e. The zero-order valence-corrected chi connectivity index (χ0v) is 10.8. The summed E-state index contributed by atoms with van der Waals surface area (Å²) in [6.07, 6.45) is -3.16. The zero-order chi connectivity index (χ0) is 13.8. The van der Waals surface area contributed by atoms with Gasteiger partial charge in [0.1, 0.15) is 9.34 Å². The van der Waals surface area contributed by atoms with Crippen molar-refractivity contribution in [2.75, 3.05) is 13.2 Å². The Morgan fingerprint density at radius 2 is 2.33 bits per heavy atom. The number of aromatic nitrogens is 1. The van der Waals surface area contributed by atoms with Gasteiger partial charge in [0.05, 0.1) is 19.3 Å². The zero-order valence-electron chi connectivity index (χ0n) is 9.25. The number of alkyl halides is 3. The molecule has 1 aromatic heterocycles. The number of halogens is 4. The molecular weight excluding hydrogens is 293 g/mol. The van der Waals surface area contributed by atoms with Crippen LogP contribution in [0.15, 0.2) is 6.20 Å². The average molecular weight is 303 g/mol. The van der Waals surface area contributed by atoms with Gasteiger partial charge in [-0.05, 0) is 6.92 Å². The highest BCUT2D eigenvalue weighted by Gasteiger charge is 2.32. The summed E-state index contributed by atoms with van der Waals surface area (Å²) in [4.78, 5) is 15.3. The summed E-state index contributed by atoms with van der Waals surface area (Å²) in [5.74, 6) is -0.812. The maximum absolute atomic E-state index is 12.1. The van der Waals surface area contributed by atoms with E-state index in [0.29, 0.717) is 0 Å². The van der Waals surface area contributed by atoms with Crippen LogP contribution in [0.1, 0.15) is 18.0 Å². The molecule has 0 aliphatic heterocycles. The summed E-state index contributed by atoms with van der Waals surface area (Å²) in [6, 6.07) is -1.26. The summed E-state index contributed by atoms with van der Waals surface area (Å²) in [5.41, 5.74) is 0. The molecule has 1 N–H and O–H groups in total. The highest BCUT2D eigenvalue weighted by Crippen LogP contribution is 2.25. The second-order valence-electron chi connectivity index (χ2n) is 3.18. The summed E-state index contributed by atoms with van der Waals surface area (Å²) in [6.45, 7) is 0.323. The van der Waals surface area contributed by atoms with E-state index in [4.69, 9.17) is 11.6 Å². The SMILES string of the molecule is CCOC(=O)C(NCC(F)(F)F)c1ncc(Cl)s1. The van der Waals surface area contributed by atoms with Crippen LogP contribution in [0.2, 0.25) is 4.34 Å². The molecule has 102 valence electrons. The third kappa shape index (κ3) is 4.79. The van der Waals surface area contributed by atoms with Gasteiger partial charge in [-0.1, -0.05) is 11.6 Å². The smallest absolute Gasteiger partial charge is 0.401 e.